The van der Waals surface area contributed by atoms with E-state index in [1.807, 2.05) is 15.6 Å². The number of hydrogen-bond donors (Lipinski definition) is 1. The smallest absolute Gasteiger partial charge is 0.358 e. The second-order valence-corrected chi connectivity index (χ2v) is 13.1. The number of anilines is 1. The molecule has 194 valence electrons. The van der Waals surface area contributed by atoms with Crippen LogP contribution in [0.4, 0.5) is 11.6 Å². The second-order valence-electron chi connectivity index (χ2n) is 11.4. The topological polar surface area (TPSA) is 108 Å². The van der Waals surface area contributed by atoms with E-state index in [9.17, 15) is 14.9 Å². The zero-order chi connectivity index (χ0) is 25.9. The third kappa shape index (κ3) is 4.65. The van der Waals surface area contributed by atoms with Gasteiger partial charge in [0.1, 0.15) is 4.47 Å². The number of halogens is 2. The summed E-state index contributed by atoms with van der Waals surface area (Å²) in [6.45, 7) is 2.68. The van der Waals surface area contributed by atoms with E-state index < -0.39 is 4.92 Å². The van der Waals surface area contributed by atoms with Crippen molar-refractivity contribution in [3.8, 4) is 0 Å². The van der Waals surface area contributed by atoms with E-state index >= 15 is 0 Å². The van der Waals surface area contributed by atoms with Gasteiger partial charge in [-0.2, -0.15) is 9.78 Å². The van der Waals surface area contributed by atoms with Crippen molar-refractivity contribution in [2.75, 3.05) is 5.32 Å². The van der Waals surface area contributed by atoms with Crippen LogP contribution in [0.1, 0.15) is 56.1 Å². The number of amides is 1. The van der Waals surface area contributed by atoms with Gasteiger partial charge in [0.2, 0.25) is 5.91 Å². The molecule has 1 aromatic carbocycles. The third-order valence-electron chi connectivity index (χ3n) is 8.44. The van der Waals surface area contributed by atoms with Gasteiger partial charge in [0.05, 0.1) is 27.9 Å². The maximum atomic E-state index is 13.3. The SMILES string of the molecule is Cc1ccc(Cn2cc(Br)c(NC(=O)CC34CC5CC(C3)CC(n3cc(Br)c([N+](=O)[O-])n3)(C5)C4)n2)cc1. The summed E-state index contributed by atoms with van der Waals surface area (Å²) in [5.74, 6) is 1.37. The van der Waals surface area contributed by atoms with Gasteiger partial charge in [-0.25, -0.2) is 0 Å². The molecule has 0 radical (unpaired) electrons. The van der Waals surface area contributed by atoms with Crippen LogP contribution < -0.4 is 5.32 Å². The fourth-order valence-electron chi connectivity index (χ4n) is 7.55. The van der Waals surface area contributed by atoms with Crippen LogP contribution in [0.15, 0.2) is 45.6 Å². The van der Waals surface area contributed by atoms with Crippen LogP contribution in [-0.4, -0.2) is 30.4 Å². The first kappa shape index (κ1) is 24.8. The van der Waals surface area contributed by atoms with E-state index in [0.717, 1.165) is 42.1 Å². The quantitative estimate of drug-likeness (QED) is 0.247. The number of hydrogen-bond acceptors (Lipinski definition) is 5. The number of carbonyl (C=O) groups is 1. The number of nitrogens with one attached hydrogen (secondary N) is 1. The van der Waals surface area contributed by atoms with Crippen molar-refractivity contribution in [1.82, 2.24) is 19.6 Å². The third-order valence-corrected chi connectivity index (χ3v) is 9.58. The fourth-order valence-corrected chi connectivity index (χ4v) is 8.38. The maximum Gasteiger partial charge on any atom is 0.404 e. The molecule has 2 atom stereocenters. The molecule has 0 aliphatic heterocycles. The predicted octanol–water partition coefficient (Wildman–Crippen LogP) is 6.19. The molecule has 1 amide bonds. The average Bonchev–Trinajstić information content (AvgIpc) is 3.36. The number of nitro groups is 1. The van der Waals surface area contributed by atoms with Crippen molar-refractivity contribution in [3.05, 3.63) is 66.8 Å². The molecule has 0 spiro atoms. The van der Waals surface area contributed by atoms with Gasteiger partial charge in [-0.1, -0.05) is 29.8 Å². The summed E-state index contributed by atoms with van der Waals surface area (Å²) in [6.07, 6.45) is 10.0. The molecule has 1 N–H and O–H groups in total. The van der Waals surface area contributed by atoms with Crippen LogP contribution in [0.3, 0.4) is 0 Å². The maximum absolute atomic E-state index is 13.3. The zero-order valence-corrected chi connectivity index (χ0v) is 23.7. The zero-order valence-electron chi connectivity index (χ0n) is 20.5. The van der Waals surface area contributed by atoms with Crippen molar-refractivity contribution in [1.29, 1.82) is 0 Å². The van der Waals surface area contributed by atoms with E-state index in [1.165, 1.54) is 12.0 Å². The first-order valence-electron chi connectivity index (χ1n) is 12.6. The number of rotatable bonds is 7. The Hall–Kier alpha value is -2.53. The molecule has 2 aromatic heterocycles. The molecule has 4 aliphatic rings. The molecular weight excluding hydrogens is 604 g/mol. The van der Waals surface area contributed by atoms with Gasteiger partial charge in [0.25, 0.3) is 0 Å². The minimum absolute atomic E-state index is 0.0361. The van der Waals surface area contributed by atoms with Gasteiger partial charge < -0.3 is 15.4 Å². The number of carbonyl (C=O) groups excluding carboxylic acids is 1. The highest BCUT2D eigenvalue weighted by Gasteiger charge is 2.60. The van der Waals surface area contributed by atoms with Crippen molar-refractivity contribution in [3.63, 3.8) is 0 Å². The first-order chi connectivity index (χ1) is 17.6. The lowest BCUT2D eigenvalue weighted by Gasteiger charge is -2.61. The molecule has 2 unspecified atom stereocenters. The molecular formula is C26H28Br2N6O3. The summed E-state index contributed by atoms with van der Waals surface area (Å²) in [7, 11) is 0. The number of aromatic nitrogens is 4. The molecule has 4 bridgehead atoms. The Kier molecular flexibility index (Phi) is 6.06. The Morgan fingerprint density at radius 2 is 1.81 bits per heavy atom. The molecule has 7 rings (SSSR count). The number of aryl methyl sites for hydroxylation is 1. The fraction of sp³-hybridized carbons (Fsp3) is 0.500. The summed E-state index contributed by atoms with van der Waals surface area (Å²) in [4.78, 5) is 24.3. The van der Waals surface area contributed by atoms with E-state index in [4.69, 9.17) is 0 Å². The second kappa shape index (κ2) is 9.04. The summed E-state index contributed by atoms with van der Waals surface area (Å²) >= 11 is 6.87. The monoisotopic (exact) mass is 630 g/mol. The van der Waals surface area contributed by atoms with Gasteiger partial charge in [0.15, 0.2) is 5.82 Å². The number of benzene rings is 1. The molecule has 4 aliphatic carbocycles. The lowest BCUT2D eigenvalue weighted by atomic mass is 9.46. The van der Waals surface area contributed by atoms with Crippen LogP contribution >= 0.6 is 31.9 Å². The molecule has 37 heavy (non-hydrogen) atoms. The lowest BCUT2D eigenvalue weighted by molar-refractivity contribution is -0.390. The lowest BCUT2D eigenvalue weighted by Crippen LogP contribution is -2.57. The van der Waals surface area contributed by atoms with Crippen molar-refractivity contribution >= 4 is 49.4 Å². The van der Waals surface area contributed by atoms with Gasteiger partial charge in [-0.3, -0.25) is 9.48 Å². The summed E-state index contributed by atoms with van der Waals surface area (Å²) in [5, 5.41) is 23.5. The first-order valence-corrected chi connectivity index (χ1v) is 14.2. The summed E-state index contributed by atoms with van der Waals surface area (Å²) in [5.41, 5.74) is 1.96. The highest BCUT2D eigenvalue weighted by molar-refractivity contribution is 9.11. The molecule has 0 saturated heterocycles. The van der Waals surface area contributed by atoms with Crippen LogP contribution in [0.5, 0.6) is 0 Å². The van der Waals surface area contributed by atoms with E-state index in [0.29, 0.717) is 35.1 Å². The molecule has 4 fully saturated rings. The molecule has 9 nitrogen and oxygen atoms in total. The average molecular weight is 632 g/mol. The summed E-state index contributed by atoms with van der Waals surface area (Å²) in [6, 6.07) is 8.32. The Morgan fingerprint density at radius 3 is 2.46 bits per heavy atom. The van der Waals surface area contributed by atoms with Crippen molar-refractivity contribution < 1.29 is 9.72 Å². The van der Waals surface area contributed by atoms with E-state index in [2.05, 4.69) is 78.6 Å². The standard InChI is InChI=1S/C26H28Br2N6O3/c1-16-2-4-17(5-3-16)12-32-13-20(27)23(30-32)29-22(35)11-25-7-18-6-19(8-25)10-26(9-18,15-25)33-14-21(28)24(31-33)34(36)37/h2-5,13-14,18-19H,6-12,15H2,1H3,(H,29,30,35). The van der Waals surface area contributed by atoms with Crippen molar-refractivity contribution in [2.45, 2.75) is 64.0 Å². The largest absolute Gasteiger partial charge is 0.404 e. The van der Waals surface area contributed by atoms with E-state index in [1.54, 1.807) is 6.20 Å². The Balaban J connectivity index is 1.18. The molecule has 2 heterocycles. The van der Waals surface area contributed by atoms with Crippen LogP contribution in [0, 0.1) is 34.3 Å². The minimum Gasteiger partial charge on any atom is -0.358 e. The molecule has 4 saturated carbocycles. The molecule has 3 aromatic rings. The molecule has 11 heteroatoms. The highest BCUT2D eigenvalue weighted by Crippen LogP contribution is 2.65. The van der Waals surface area contributed by atoms with Gasteiger partial charge in [0, 0.05) is 12.6 Å². The van der Waals surface area contributed by atoms with Gasteiger partial charge in [-0.15, -0.1) is 0 Å². The number of nitrogens with zero attached hydrogens (tertiary/aromatic N) is 5. The van der Waals surface area contributed by atoms with Crippen LogP contribution in [-0.2, 0) is 16.9 Å². The van der Waals surface area contributed by atoms with Gasteiger partial charge in [-0.05, 0) is 105 Å². The normalized spacial score (nSPS) is 28.0. The Bertz CT molecular complexity index is 1370. The van der Waals surface area contributed by atoms with Crippen LogP contribution in [0.25, 0.3) is 0 Å². The van der Waals surface area contributed by atoms with Crippen molar-refractivity contribution in [2.24, 2.45) is 17.3 Å². The minimum atomic E-state index is -0.444. The van der Waals surface area contributed by atoms with Gasteiger partial charge >= 0.3 is 5.82 Å². The Morgan fingerprint density at radius 1 is 1.11 bits per heavy atom. The highest BCUT2D eigenvalue weighted by atomic mass is 79.9. The summed E-state index contributed by atoms with van der Waals surface area (Å²) < 4.78 is 4.82. The van der Waals surface area contributed by atoms with E-state index in [-0.39, 0.29) is 22.7 Å². The predicted molar refractivity (Wildman–Crippen MR) is 145 cm³/mol. The van der Waals surface area contributed by atoms with Crippen LogP contribution in [0.2, 0.25) is 0 Å². The Labute approximate surface area is 231 Å².